The predicted molar refractivity (Wildman–Crippen MR) is 75.0 cm³/mol. The molecule has 0 spiro atoms. The van der Waals surface area contributed by atoms with E-state index in [4.69, 9.17) is 11.6 Å². The first kappa shape index (κ1) is 17.2. The van der Waals surface area contributed by atoms with Gasteiger partial charge in [-0.2, -0.15) is 0 Å². The highest BCUT2D eigenvalue weighted by Gasteiger charge is 2.20. The van der Waals surface area contributed by atoms with Gasteiger partial charge in [0.1, 0.15) is 29.4 Å². The molecule has 0 radical (unpaired) electrons. The maximum absolute atomic E-state index is 13.6. The molecule has 0 saturated heterocycles. The summed E-state index contributed by atoms with van der Waals surface area (Å²) in [6.07, 6.45) is -1.69. The van der Waals surface area contributed by atoms with E-state index in [0.717, 1.165) is 18.2 Å². The Morgan fingerprint density at radius 1 is 1.09 bits per heavy atom. The summed E-state index contributed by atoms with van der Waals surface area (Å²) in [6, 6.07) is 4.21. The van der Waals surface area contributed by atoms with Crippen molar-refractivity contribution in [3.63, 3.8) is 0 Å². The zero-order valence-corrected chi connectivity index (χ0v) is 12.2. The van der Waals surface area contributed by atoms with Crippen LogP contribution in [0.1, 0.15) is 22.0 Å². The Morgan fingerprint density at radius 3 is 2.30 bits per heavy atom. The minimum Gasteiger partial charge on any atom is -0.386 e. The van der Waals surface area contributed by atoms with Crippen LogP contribution in [0, 0.1) is 23.3 Å². The zero-order chi connectivity index (χ0) is 17.1. The highest BCUT2D eigenvalue weighted by atomic mass is 35.5. The second-order valence-electron chi connectivity index (χ2n) is 4.61. The van der Waals surface area contributed by atoms with E-state index in [2.05, 4.69) is 5.32 Å². The third-order valence-electron chi connectivity index (χ3n) is 3.04. The number of halogens is 5. The van der Waals surface area contributed by atoms with Crippen molar-refractivity contribution in [2.45, 2.75) is 6.10 Å². The molecule has 1 atom stereocenters. The van der Waals surface area contributed by atoms with Gasteiger partial charge >= 0.3 is 0 Å². The Kier molecular flexibility index (Phi) is 5.23. The van der Waals surface area contributed by atoms with Crippen molar-refractivity contribution in [2.75, 3.05) is 6.54 Å². The summed E-state index contributed by atoms with van der Waals surface area (Å²) in [5, 5.41) is 11.3. The fourth-order valence-electron chi connectivity index (χ4n) is 1.91. The fourth-order valence-corrected chi connectivity index (χ4v) is 2.06. The summed E-state index contributed by atoms with van der Waals surface area (Å²) in [7, 11) is 0. The van der Waals surface area contributed by atoms with Gasteiger partial charge in [0.15, 0.2) is 0 Å². The molecule has 1 amide bonds. The minimum atomic E-state index is -1.69. The summed E-state index contributed by atoms with van der Waals surface area (Å²) < 4.78 is 53.8. The average molecular weight is 348 g/mol. The first-order chi connectivity index (χ1) is 10.8. The Morgan fingerprint density at radius 2 is 1.70 bits per heavy atom. The van der Waals surface area contributed by atoms with E-state index in [-0.39, 0.29) is 0 Å². The lowest BCUT2D eigenvalue weighted by molar-refractivity contribution is 0.0907. The van der Waals surface area contributed by atoms with Crippen LogP contribution in [-0.4, -0.2) is 17.6 Å². The highest BCUT2D eigenvalue weighted by Crippen LogP contribution is 2.21. The largest absolute Gasteiger partial charge is 0.386 e. The van der Waals surface area contributed by atoms with Crippen LogP contribution < -0.4 is 5.32 Å². The number of hydrogen-bond acceptors (Lipinski definition) is 2. The molecule has 8 heteroatoms. The Bertz CT molecular complexity index is 734. The lowest BCUT2D eigenvalue weighted by Gasteiger charge is -2.14. The molecule has 0 aromatic heterocycles. The molecule has 23 heavy (non-hydrogen) atoms. The number of hydrogen-bond donors (Lipinski definition) is 2. The molecule has 0 aliphatic rings. The van der Waals surface area contributed by atoms with Crippen LogP contribution in [0.4, 0.5) is 17.6 Å². The van der Waals surface area contributed by atoms with Crippen LogP contribution in [0.25, 0.3) is 0 Å². The van der Waals surface area contributed by atoms with Crippen LogP contribution >= 0.6 is 11.6 Å². The summed E-state index contributed by atoms with van der Waals surface area (Å²) in [5.74, 6) is -5.11. The van der Waals surface area contributed by atoms with Gasteiger partial charge in [0.05, 0.1) is 16.1 Å². The van der Waals surface area contributed by atoms with Gasteiger partial charge in [0, 0.05) is 6.54 Å². The van der Waals surface area contributed by atoms with E-state index in [1.54, 1.807) is 0 Å². The molecule has 0 aliphatic heterocycles. The third-order valence-corrected chi connectivity index (χ3v) is 3.33. The molecule has 3 nitrogen and oxygen atoms in total. The van der Waals surface area contributed by atoms with Gasteiger partial charge in [0.2, 0.25) is 0 Å². The summed E-state index contributed by atoms with van der Waals surface area (Å²) in [6.45, 7) is -0.597. The average Bonchev–Trinajstić information content (AvgIpc) is 2.48. The standard InChI is InChI=1S/C15H10ClF4NO2/c16-8-5-11(19)7(4-12(8)20)15(23)21-6-13(22)14-9(17)2-1-3-10(14)18/h1-5,13,22H,6H2,(H,21,23). The van der Waals surface area contributed by atoms with E-state index in [1.807, 2.05) is 0 Å². The van der Waals surface area contributed by atoms with Gasteiger partial charge in [-0.3, -0.25) is 4.79 Å². The molecule has 2 aromatic rings. The Hall–Kier alpha value is -2.12. The minimum absolute atomic E-state index is 0.493. The number of rotatable bonds is 4. The number of nitrogens with one attached hydrogen (secondary N) is 1. The number of carbonyl (C=O) groups excluding carboxylic acids is 1. The topological polar surface area (TPSA) is 49.3 Å². The van der Waals surface area contributed by atoms with Crippen molar-refractivity contribution >= 4 is 17.5 Å². The Balaban J connectivity index is 2.12. The van der Waals surface area contributed by atoms with E-state index in [0.29, 0.717) is 12.1 Å². The number of carbonyl (C=O) groups is 1. The summed E-state index contributed by atoms with van der Waals surface area (Å²) in [5.41, 5.74) is -1.27. The fraction of sp³-hybridized carbons (Fsp3) is 0.133. The number of amides is 1. The Labute approximate surface area is 133 Å². The first-order valence-electron chi connectivity index (χ1n) is 6.36. The quantitative estimate of drug-likeness (QED) is 0.658. The van der Waals surface area contributed by atoms with E-state index < -0.39 is 58.0 Å². The SMILES string of the molecule is O=C(NCC(O)c1c(F)cccc1F)c1cc(F)c(Cl)cc1F. The molecular weight excluding hydrogens is 338 g/mol. The molecule has 1 unspecified atom stereocenters. The van der Waals surface area contributed by atoms with Crippen molar-refractivity contribution in [1.29, 1.82) is 0 Å². The van der Waals surface area contributed by atoms with Gasteiger partial charge in [-0.15, -0.1) is 0 Å². The third kappa shape index (κ3) is 3.80. The molecule has 2 rings (SSSR count). The van der Waals surface area contributed by atoms with Gasteiger partial charge in [-0.05, 0) is 24.3 Å². The zero-order valence-electron chi connectivity index (χ0n) is 11.4. The van der Waals surface area contributed by atoms with Gasteiger partial charge in [0.25, 0.3) is 5.91 Å². The molecule has 0 heterocycles. The van der Waals surface area contributed by atoms with Crippen molar-refractivity contribution in [2.24, 2.45) is 0 Å². The van der Waals surface area contributed by atoms with E-state index in [9.17, 15) is 27.5 Å². The van der Waals surface area contributed by atoms with Crippen LogP contribution in [0.15, 0.2) is 30.3 Å². The van der Waals surface area contributed by atoms with Gasteiger partial charge in [-0.1, -0.05) is 17.7 Å². The highest BCUT2D eigenvalue weighted by molar-refractivity contribution is 6.30. The van der Waals surface area contributed by atoms with E-state index >= 15 is 0 Å². The second kappa shape index (κ2) is 6.97. The monoisotopic (exact) mass is 347 g/mol. The molecule has 0 fully saturated rings. The number of aliphatic hydroxyl groups is 1. The molecule has 2 aromatic carbocycles. The van der Waals surface area contributed by atoms with Crippen LogP contribution in [-0.2, 0) is 0 Å². The summed E-state index contributed by atoms with van der Waals surface area (Å²) >= 11 is 5.36. The molecular formula is C15H10ClF4NO2. The van der Waals surface area contributed by atoms with Crippen molar-refractivity contribution in [1.82, 2.24) is 5.32 Å². The maximum atomic E-state index is 13.6. The second-order valence-corrected chi connectivity index (χ2v) is 5.01. The molecule has 0 saturated carbocycles. The molecule has 0 aliphatic carbocycles. The smallest absolute Gasteiger partial charge is 0.254 e. The van der Waals surface area contributed by atoms with Crippen LogP contribution in [0.2, 0.25) is 5.02 Å². The van der Waals surface area contributed by atoms with Crippen LogP contribution in [0.3, 0.4) is 0 Å². The predicted octanol–water partition coefficient (Wildman–Crippen LogP) is 3.36. The lowest BCUT2D eigenvalue weighted by atomic mass is 10.1. The molecule has 2 N–H and O–H groups in total. The number of benzene rings is 2. The molecule has 122 valence electrons. The lowest BCUT2D eigenvalue weighted by Crippen LogP contribution is -2.30. The van der Waals surface area contributed by atoms with Gasteiger partial charge in [-0.25, -0.2) is 17.6 Å². The van der Waals surface area contributed by atoms with Crippen molar-refractivity contribution in [3.05, 3.63) is 69.8 Å². The van der Waals surface area contributed by atoms with E-state index in [1.165, 1.54) is 0 Å². The normalized spacial score (nSPS) is 12.1. The number of aliphatic hydroxyl groups excluding tert-OH is 1. The molecule has 0 bridgehead atoms. The van der Waals surface area contributed by atoms with Crippen LogP contribution in [0.5, 0.6) is 0 Å². The van der Waals surface area contributed by atoms with Crippen molar-refractivity contribution < 1.29 is 27.5 Å². The van der Waals surface area contributed by atoms with Crippen molar-refractivity contribution in [3.8, 4) is 0 Å². The maximum Gasteiger partial charge on any atom is 0.254 e. The van der Waals surface area contributed by atoms with Gasteiger partial charge < -0.3 is 10.4 Å². The first-order valence-corrected chi connectivity index (χ1v) is 6.73. The summed E-state index contributed by atoms with van der Waals surface area (Å²) in [4.78, 5) is 11.8.